The number of nitrogens with one attached hydrogen (secondary N) is 2. The first kappa shape index (κ1) is 18.3. The molecule has 0 bridgehead atoms. The fourth-order valence-electron chi connectivity index (χ4n) is 3.52. The summed E-state index contributed by atoms with van der Waals surface area (Å²) in [4.78, 5) is 16.7. The second kappa shape index (κ2) is 8.71. The molecule has 0 spiro atoms. The Morgan fingerprint density at radius 2 is 2.04 bits per heavy atom. The third-order valence-electron chi connectivity index (χ3n) is 4.98. The van der Waals surface area contributed by atoms with Crippen molar-refractivity contribution < 1.29 is 14.3 Å². The van der Waals surface area contributed by atoms with Crippen molar-refractivity contribution in [2.24, 2.45) is 0 Å². The zero-order valence-electron chi connectivity index (χ0n) is 15.3. The van der Waals surface area contributed by atoms with Gasteiger partial charge < -0.3 is 20.1 Å². The number of carbonyl (C=O) groups excluding carboxylic acids is 1. The van der Waals surface area contributed by atoms with Crippen LogP contribution in [0.2, 0.25) is 0 Å². The van der Waals surface area contributed by atoms with Crippen LogP contribution in [0.3, 0.4) is 0 Å². The van der Waals surface area contributed by atoms with E-state index in [1.807, 2.05) is 18.2 Å². The second-order valence-corrected chi connectivity index (χ2v) is 7.90. The molecule has 0 saturated heterocycles. The molecule has 144 valence electrons. The van der Waals surface area contributed by atoms with Gasteiger partial charge in [0.2, 0.25) is 12.7 Å². The van der Waals surface area contributed by atoms with E-state index in [0.29, 0.717) is 25.6 Å². The molecule has 0 atom stereocenters. The molecule has 1 aliphatic heterocycles. The number of nitrogens with zero attached hydrogens (tertiary/aromatic N) is 1. The summed E-state index contributed by atoms with van der Waals surface area (Å²) in [5.74, 6) is 1.70. The summed E-state index contributed by atoms with van der Waals surface area (Å²) < 4.78 is 10.8. The van der Waals surface area contributed by atoms with Gasteiger partial charge in [0.15, 0.2) is 11.5 Å². The Morgan fingerprint density at radius 1 is 1.19 bits per heavy atom. The highest BCUT2D eigenvalue weighted by atomic mass is 32.1. The highest BCUT2D eigenvalue weighted by Crippen LogP contribution is 2.36. The molecule has 1 fully saturated rings. The van der Waals surface area contributed by atoms with Crippen LogP contribution in [0, 0.1) is 0 Å². The lowest BCUT2D eigenvalue weighted by Gasteiger charge is -2.22. The summed E-state index contributed by atoms with van der Waals surface area (Å²) in [7, 11) is 0. The van der Waals surface area contributed by atoms with Crippen LogP contribution in [-0.2, 0) is 11.3 Å². The molecular weight excluding hydrogens is 362 g/mol. The summed E-state index contributed by atoms with van der Waals surface area (Å²) in [6.07, 6.45) is 6.53. The monoisotopic (exact) mass is 387 g/mol. The summed E-state index contributed by atoms with van der Waals surface area (Å²) in [6.45, 7) is 1.60. The number of thiazole rings is 1. The van der Waals surface area contributed by atoms with Gasteiger partial charge in [-0.2, -0.15) is 0 Å². The third kappa shape index (κ3) is 4.78. The standard InChI is InChI=1S/C20H25N3O3S/c24-19(22-15-4-2-1-3-5-15)8-9-21-11-16-12-27-20(23-16)14-6-7-17-18(10-14)26-13-25-17/h6-7,10,12,15,21H,1-5,8-9,11,13H2,(H,22,24). The predicted molar refractivity (Wildman–Crippen MR) is 105 cm³/mol. The fraction of sp³-hybridized carbons (Fsp3) is 0.500. The number of hydrogen-bond donors (Lipinski definition) is 2. The maximum absolute atomic E-state index is 12.0. The zero-order chi connectivity index (χ0) is 18.5. The molecule has 2 N–H and O–H groups in total. The number of benzene rings is 1. The zero-order valence-corrected chi connectivity index (χ0v) is 16.1. The molecule has 6 nitrogen and oxygen atoms in total. The average Bonchev–Trinajstić information content (AvgIpc) is 3.35. The summed E-state index contributed by atoms with van der Waals surface area (Å²) in [6, 6.07) is 6.27. The van der Waals surface area contributed by atoms with Crippen LogP contribution in [0.4, 0.5) is 0 Å². The Hall–Kier alpha value is -2.12. The van der Waals surface area contributed by atoms with E-state index in [1.165, 1.54) is 19.3 Å². The third-order valence-corrected chi connectivity index (χ3v) is 5.92. The molecule has 4 rings (SSSR count). The van der Waals surface area contributed by atoms with Crippen molar-refractivity contribution >= 4 is 17.2 Å². The maximum atomic E-state index is 12.0. The van der Waals surface area contributed by atoms with E-state index < -0.39 is 0 Å². The average molecular weight is 388 g/mol. The van der Waals surface area contributed by atoms with Gasteiger partial charge in [0.1, 0.15) is 5.01 Å². The molecule has 1 aliphatic carbocycles. The minimum atomic E-state index is 0.147. The van der Waals surface area contributed by atoms with Gasteiger partial charge in [-0.3, -0.25) is 4.79 Å². The minimum Gasteiger partial charge on any atom is -0.454 e. The van der Waals surface area contributed by atoms with Crippen molar-refractivity contribution in [3.05, 3.63) is 29.3 Å². The lowest BCUT2D eigenvalue weighted by molar-refractivity contribution is -0.121. The number of rotatable bonds is 7. The molecule has 0 unspecified atom stereocenters. The quantitative estimate of drug-likeness (QED) is 0.712. The van der Waals surface area contributed by atoms with Crippen LogP contribution in [-0.4, -0.2) is 30.3 Å². The molecule has 1 amide bonds. The number of carbonyl (C=O) groups is 1. The number of hydrogen-bond acceptors (Lipinski definition) is 6. The Bertz CT molecular complexity index is 787. The predicted octanol–water partition coefficient (Wildman–Crippen LogP) is 3.47. The Morgan fingerprint density at radius 3 is 2.93 bits per heavy atom. The fourth-order valence-corrected chi connectivity index (χ4v) is 4.33. The molecule has 2 aromatic rings. The van der Waals surface area contributed by atoms with E-state index in [4.69, 9.17) is 9.47 Å². The molecule has 0 radical (unpaired) electrons. The van der Waals surface area contributed by atoms with Gasteiger partial charge in [0, 0.05) is 36.5 Å². The molecule has 1 aromatic carbocycles. The Labute approximate surface area is 163 Å². The van der Waals surface area contributed by atoms with E-state index in [9.17, 15) is 4.79 Å². The number of fused-ring (bicyclic) bond motifs is 1. The van der Waals surface area contributed by atoms with Gasteiger partial charge >= 0.3 is 0 Å². The first-order chi connectivity index (χ1) is 13.3. The largest absolute Gasteiger partial charge is 0.454 e. The molecule has 7 heteroatoms. The summed E-state index contributed by atoms with van der Waals surface area (Å²) >= 11 is 1.61. The van der Waals surface area contributed by atoms with Crippen molar-refractivity contribution in [3.63, 3.8) is 0 Å². The van der Waals surface area contributed by atoms with Gasteiger partial charge in [0.25, 0.3) is 0 Å². The molecule has 2 heterocycles. The van der Waals surface area contributed by atoms with Gasteiger partial charge in [-0.1, -0.05) is 19.3 Å². The van der Waals surface area contributed by atoms with Crippen LogP contribution < -0.4 is 20.1 Å². The first-order valence-corrected chi connectivity index (χ1v) is 10.5. The first-order valence-electron chi connectivity index (χ1n) is 9.62. The van der Waals surface area contributed by atoms with Gasteiger partial charge in [0.05, 0.1) is 5.69 Å². The van der Waals surface area contributed by atoms with Gasteiger partial charge in [-0.15, -0.1) is 11.3 Å². The van der Waals surface area contributed by atoms with E-state index in [0.717, 1.165) is 40.6 Å². The lowest BCUT2D eigenvalue weighted by Crippen LogP contribution is -2.37. The van der Waals surface area contributed by atoms with E-state index >= 15 is 0 Å². The van der Waals surface area contributed by atoms with Crippen molar-refractivity contribution in [3.8, 4) is 22.1 Å². The minimum absolute atomic E-state index is 0.147. The normalized spacial score (nSPS) is 16.4. The van der Waals surface area contributed by atoms with Crippen LogP contribution in [0.5, 0.6) is 11.5 Å². The number of ether oxygens (including phenoxy) is 2. The van der Waals surface area contributed by atoms with Crippen molar-refractivity contribution in [1.29, 1.82) is 0 Å². The molecule has 1 saturated carbocycles. The van der Waals surface area contributed by atoms with Gasteiger partial charge in [-0.25, -0.2) is 4.98 Å². The maximum Gasteiger partial charge on any atom is 0.231 e. The van der Waals surface area contributed by atoms with Crippen LogP contribution in [0.15, 0.2) is 23.6 Å². The lowest BCUT2D eigenvalue weighted by atomic mass is 9.95. The summed E-state index contributed by atoms with van der Waals surface area (Å²) in [5, 5.41) is 9.47. The highest BCUT2D eigenvalue weighted by molar-refractivity contribution is 7.13. The molecule has 1 aromatic heterocycles. The van der Waals surface area contributed by atoms with E-state index in [2.05, 4.69) is 21.0 Å². The Kier molecular flexibility index (Phi) is 5.89. The molecule has 27 heavy (non-hydrogen) atoms. The van der Waals surface area contributed by atoms with Crippen molar-refractivity contribution in [2.45, 2.75) is 51.1 Å². The van der Waals surface area contributed by atoms with Gasteiger partial charge in [-0.05, 0) is 31.0 Å². The Balaban J connectivity index is 1.21. The van der Waals surface area contributed by atoms with Crippen LogP contribution in [0.25, 0.3) is 10.6 Å². The van der Waals surface area contributed by atoms with Crippen LogP contribution in [0.1, 0.15) is 44.2 Å². The van der Waals surface area contributed by atoms with Crippen molar-refractivity contribution in [2.75, 3.05) is 13.3 Å². The van der Waals surface area contributed by atoms with Crippen molar-refractivity contribution in [1.82, 2.24) is 15.6 Å². The topological polar surface area (TPSA) is 72.5 Å². The number of aromatic nitrogens is 1. The molecule has 2 aliphatic rings. The van der Waals surface area contributed by atoms with Crippen LogP contribution >= 0.6 is 11.3 Å². The second-order valence-electron chi connectivity index (χ2n) is 7.04. The molecular formula is C20H25N3O3S. The highest BCUT2D eigenvalue weighted by Gasteiger charge is 2.16. The SMILES string of the molecule is O=C(CCNCc1csc(-c2ccc3c(c2)OCO3)n1)NC1CCCCC1. The van der Waals surface area contributed by atoms with E-state index in [-0.39, 0.29) is 12.7 Å². The number of amides is 1. The summed E-state index contributed by atoms with van der Waals surface area (Å²) in [5.41, 5.74) is 2.02. The smallest absolute Gasteiger partial charge is 0.231 e. The van der Waals surface area contributed by atoms with E-state index in [1.54, 1.807) is 11.3 Å².